The van der Waals surface area contributed by atoms with Crippen LogP contribution in [-0.2, 0) is 34.6 Å². The van der Waals surface area contributed by atoms with Crippen LogP contribution in [0.5, 0.6) is 0 Å². The summed E-state index contributed by atoms with van der Waals surface area (Å²) in [6.07, 6.45) is 0.0115. The first-order chi connectivity index (χ1) is 14.9. The molecule has 1 aliphatic rings. The van der Waals surface area contributed by atoms with Gasteiger partial charge in [0, 0.05) is 18.5 Å². The van der Waals surface area contributed by atoms with Crippen molar-refractivity contribution >= 4 is 15.5 Å². The zero-order valence-electron chi connectivity index (χ0n) is 19.4. The van der Waals surface area contributed by atoms with Gasteiger partial charge in [0.15, 0.2) is 9.84 Å². The number of hydrogen-bond acceptors (Lipinski definition) is 5. The lowest BCUT2D eigenvalue weighted by Gasteiger charge is -2.35. The number of nitrogen functional groups attached to an aromatic ring is 1. The van der Waals surface area contributed by atoms with Crippen molar-refractivity contribution in [2.45, 2.75) is 64.6 Å². The fourth-order valence-electron chi connectivity index (χ4n) is 4.40. The lowest BCUT2D eigenvalue weighted by Crippen LogP contribution is -2.54. The van der Waals surface area contributed by atoms with Gasteiger partial charge < -0.3 is 16.2 Å². The predicted octanol–water partition coefficient (Wildman–Crippen LogP) is 3.37. The Balaban J connectivity index is 1.75. The number of halogens is 1. The van der Waals surface area contributed by atoms with Crippen molar-refractivity contribution in [1.29, 1.82) is 0 Å². The van der Waals surface area contributed by atoms with Crippen LogP contribution in [-0.4, -0.2) is 37.2 Å². The van der Waals surface area contributed by atoms with E-state index in [-0.39, 0.29) is 29.0 Å². The highest BCUT2D eigenvalue weighted by Gasteiger charge is 2.39. The Labute approximate surface area is 191 Å². The average molecular weight is 463 g/mol. The lowest BCUT2D eigenvalue weighted by molar-refractivity contribution is 0.0780. The molecular weight excluding hydrogens is 427 g/mol. The van der Waals surface area contributed by atoms with E-state index in [0.717, 1.165) is 5.56 Å². The number of nitrogens with one attached hydrogen (secondary N) is 1. The van der Waals surface area contributed by atoms with Gasteiger partial charge in [-0.2, -0.15) is 0 Å². The van der Waals surface area contributed by atoms with Gasteiger partial charge in [-0.1, -0.05) is 58.0 Å². The Bertz CT molecular complexity index is 1060. The van der Waals surface area contributed by atoms with Crippen molar-refractivity contribution in [1.82, 2.24) is 5.32 Å². The van der Waals surface area contributed by atoms with E-state index >= 15 is 0 Å². The number of benzene rings is 2. The van der Waals surface area contributed by atoms with Gasteiger partial charge >= 0.3 is 0 Å². The van der Waals surface area contributed by atoms with Crippen LogP contribution >= 0.6 is 0 Å². The molecule has 32 heavy (non-hydrogen) atoms. The predicted molar refractivity (Wildman–Crippen MR) is 128 cm³/mol. The molecule has 3 rings (SSSR count). The minimum absolute atomic E-state index is 0.0144. The number of aliphatic hydroxyl groups excluding tert-OH is 1. The van der Waals surface area contributed by atoms with E-state index in [2.05, 4.69) is 38.2 Å². The molecule has 0 radical (unpaired) electrons. The maximum Gasteiger partial charge on any atom is 0.152 e. The Hall–Kier alpha value is -1.96. The van der Waals surface area contributed by atoms with Crippen molar-refractivity contribution in [3.05, 3.63) is 64.5 Å². The summed E-state index contributed by atoms with van der Waals surface area (Å²) in [6.45, 7) is 8.79. The maximum atomic E-state index is 14.2. The topological polar surface area (TPSA) is 92.4 Å². The molecule has 0 aromatic heterocycles. The van der Waals surface area contributed by atoms with E-state index in [0.29, 0.717) is 24.1 Å². The van der Waals surface area contributed by atoms with Gasteiger partial charge in [-0.3, -0.25) is 0 Å². The number of nitrogens with two attached hydrogens (primary N) is 1. The van der Waals surface area contributed by atoms with Crippen molar-refractivity contribution in [3.63, 3.8) is 0 Å². The second kappa shape index (κ2) is 9.49. The zero-order chi connectivity index (χ0) is 23.7. The second-order valence-corrected chi connectivity index (χ2v) is 12.1. The minimum Gasteiger partial charge on any atom is -0.396 e. The highest BCUT2D eigenvalue weighted by Crippen LogP contribution is 2.27. The van der Waals surface area contributed by atoms with Crippen LogP contribution in [0.1, 0.15) is 49.9 Å². The molecule has 1 heterocycles. The molecule has 1 saturated heterocycles. The van der Waals surface area contributed by atoms with Crippen LogP contribution in [0.2, 0.25) is 0 Å². The third-order valence-corrected chi connectivity index (χ3v) is 8.11. The molecule has 4 N–H and O–H groups in total. The minimum atomic E-state index is -3.34. The molecule has 0 unspecified atom stereocenters. The van der Waals surface area contributed by atoms with Crippen molar-refractivity contribution < 1.29 is 17.9 Å². The van der Waals surface area contributed by atoms with E-state index in [1.165, 1.54) is 11.6 Å². The Morgan fingerprint density at radius 3 is 2.53 bits per heavy atom. The summed E-state index contributed by atoms with van der Waals surface area (Å²) in [5, 5.41) is 14.2. The molecule has 1 fully saturated rings. The fraction of sp³-hybridized carbons (Fsp3) is 0.520. The van der Waals surface area contributed by atoms with Crippen molar-refractivity contribution in [3.8, 4) is 0 Å². The molecule has 0 spiro atoms. The van der Waals surface area contributed by atoms with Crippen molar-refractivity contribution in [2.24, 2.45) is 5.92 Å². The number of sulfone groups is 1. The van der Waals surface area contributed by atoms with E-state index in [1.54, 1.807) is 0 Å². The van der Waals surface area contributed by atoms with Crippen LogP contribution in [0.15, 0.2) is 36.4 Å². The number of rotatable bonds is 6. The first kappa shape index (κ1) is 24.7. The normalized spacial score (nSPS) is 23.2. The summed E-state index contributed by atoms with van der Waals surface area (Å²) in [4.78, 5) is 0. The summed E-state index contributed by atoms with van der Waals surface area (Å²) < 4.78 is 39.4. The van der Waals surface area contributed by atoms with Gasteiger partial charge in [0.05, 0.1) is 23.3 Å². The zero-order valence-corrected chi connectivity index (χ0v) is 20.2. The summed E-state index contributed by atoms with van der Waals surface area (Å²) in [6, 6.07) is 10.8. The molecule has 1 aliphatic heterocycles. The van der Waals surface area contributed by atoms with Gasteiger partial charge in [0.1, 0.15) is 5.82 Å². The number of aryl methyl sites for hydroxylation is 1. The van der Waals surface area contributed by atoms with Crippen LogP contribution < -0.4 is 11.1 Å². The summed E-state index contributed by atoms with van der Waals surface area (Å²) >= 11 is 0. The number of anilines is 1. The van der Waals surface area contributed by atoms with Gasteiger partial charge in [-0.05, 0) is 46.6 Å². The lowest BCUT2D eigenvalue weighted by atomic mass is 9.86. The first-order valence-corrected chi connectivity index (χ1v) is 13.0. The van der Waals surface area contributed by atoms with E-state index in [4.69, 9.17) is 5.73 Å². The fourth-order valence-corrected chi connectivity index (χ4v) is 6.37. The molecule has 0 saturated carbocycles. The van der Waals surface area contributed by atoms with Crippen LogP contribution in [0.25, 0.3) is 0 Å². The largest absolute Gasteiger partial charge is 0.396 e. The monoisotopic (exact) mass is 462 g/mol. The molecule has 2 aromatic rings. The molecule has 0 bridgehead atoms. The van der Waals surface area contributed by atoms with E-state index in [9.17, 15) is 17.9 Å². The van der Waals surface area contributed by atoms with Gasteiger partial charge in [0.25, 0.3) is 0 Å². The third kappa shape index (κ3) is 5.88. The van der Waals surface area contributed by atoms with Gasteiger partial charge in [-0.15, -0.1) is 0 Å². The molecule has 0 aliphatic carbocycles. The number of aliphatic hydroxyl groups is 1. The molecule has 7 heteroatoms. The summed E-state index contributed by atoms with van der Waals surface area (Å²) in [7, 11) is -3.34. The highest BCUT2D eigenvalue weighted by atomic mass is 32.2. The van der Waals surface area contributed by atoms with Crippen LogP contribution in [0, 0.1) is 11.7 Å². The van der Waals surface area contributed by atoms with Gasteiger partial charge in [0.2, 0.25) is 0 Å². The van der Waals surface area contributed by atoms with E-state index < -0.39 is 33.7 Å². The van der Waals surface area contributed by atoms with Gasteiger partial charge in [-0.25, -0.2) is 12.8 Å². The third-order valence-electron chi connectivity index (χ3n) is 6.31. The standard InChI is InChI=1S/C25H35FN2O3S/c1-5-18-9-17(12-21(26)23(18)27)10-19-14-32(30,31)15-22(24(19)29)28-13-16-7-6-8-20(11-16)25(2,3)4/h6-9,11-12,19,22,24,28-29H,5,10,13-15,27H2,1-4H3/t19-,22+,24+/m1/s1. The maximum absolute atomic E-state index is 14.2. The molecule has 0 amide bonds. The molecule has 3 atom stereocenters. The quantitative estimate of drug-likeness (QED) is 0.573. The Kier molecular flexibility index (Phi) is 7.32. The Morgan fingerprint density at radius 2 is 1.88 bits per heavy atom. The smallest absolute Gasteiger partial charge is 0.152 e. The number of hydrogen-bond donors (Lipinski definition) is 3. The average Bonchev–Trinajstić information content (AvgIpc) is 2.71. The molecule has 2 aromatic carbocycles. The van der Waals surface area contributed by atoms with Crippen LogP contribution in [0.3, 0.4) is 0 Å². The molecule has 176 valence electrons. The van der Waals surface area contributed by atoms with Crippen molar-refractivity contribution in [2.75, 3.05) is 17.2 Å². The summed E-state index contributed by atoms with van der Waals surface area (Å²) in [5.41, 5.74) is 9.53. The van der Waals surface area contributed by atoms with Crippen LogP contribution in [0.4, 0.5) is 10.1 Å². The summed E-state index contributed by atoms with van der Waals surface area (Å²) in [5.74, 6) is -1.24. The van der Waals surface area contributed by atoms with E-state index in [1.807, 2.05) is 25.1 Å². The highest BCUT2D eigenvalue weighted by molar-refractivity contribution is 7.91. The molecular formula is C25H35FN2O3S. The SMILES string of the molecule is CCc1cc(C[C@@H]2CS(=O)(=O)C[C@H](NCc3cccc(C(C)(C)C)c3)[C@H]2O)cc(F)c1N. The Morgan fingerprint density at radius 1 is 1.16 bits per heavy atom. The second-order valence-electron chi connectivity index (χ2n) is 9.97. The first-order valence-electron chi connectivity index (χ1n) is 11.2. The molecule has 5 nitrogen and oxygen atoms in total.